The Bertz CT molecular complexity index is 153. The first-order valence-electron chi connectivity index (χ1n) is 5.43. The molecule has 82 valence electrons. The van der Waals surface area contributed by atoms with Gasteiger partial charge < -0.3 is 19.5 Å². The van der Waals surface area contributed by atoms with Gasteiger partial charge in [-0.15, -0.1) is 0 Å². The highest BCUT2D eigenvalue weighted by Crippen LogP contribution is 2.10. The molecule has 0 aromatic rings. The molecule has 4 nitrogen and oxygen atoms in total. The van der Waals surface area contributed by atoms with Crippen LogP contribution in [-0.2, 0) is 14.2 Å². The van der Waals surface area contributed by atoms with Crippen molar-refractivity contribution in [3.63, 3.8) is 0 Å². The van der Waals surface area contributed by atoms with Crippen LogP contribution in [0.1, 0.15) is 6.42 Å². The Labute approximate surface area is 84.9 Å². The highest BCUT2D eigenvalue weighted by Gasteiger charge is 2.17. The molecule has 2 unspecified atom stereocenters. The Balaban J connectivity index is 1.52. The fraction of sp³-hybridized carbons (Fsp3) is 1.00. The molecule has 2 saturated heterocycles. The van der Waals surface area contributed by atoms with Crippen LogP contribution in [0.25, 0.3) is 0 Å². The van der Waals surface area contributed by atoms with Crippen LogP contribution in [0.15, 0.2) is 0 Å². The van der Waals surface area contributed by atoms with Gasteiger partial charge in [-0.2, -0.15) is 0 Å². The standard InChI is InChI=1S/C10H19NO3/c1-2-12-7-9(1)5-11-6-10-8-13-3-4-14-10/h9-11H,1-8H2. The van der Waals surface area contributed by atoms with E-state index in [1.165, 1.54) is 6.42 Å². The summed E-state index contributed by atoms with van der Waals surface area (Å²) in [7, 11) is 0. The molecule has 0 aliphatic carbocycles. The largest absolute Gasteiger partial charge is 0.381 e. The van der Waals surface area contributed by atoms with Crippen molar-refractivity contribution in [2.75, 3.05) is 46.1 Å². The zero-order valence-electron chi connectivity index (χ0n) is 8.54. The number of hydrogen-bond acceptors (Lipinski definition) is 4. The predicted octanol–water partition coefficient (Wildman–Crippen LogP) is 0.0279. The van der Waals surface area contributed by atoms with E-state index in [0.29, 0.717) is 5.92 Å². The van der Waals surface area contributed by atoms with Gasteiger partial charge in [0.25, 0.3) is 0 Å². The summed E-state index contributed by atoms with van der Waals surface area (Å²) in [6, 6.07) is 0. The number of rotatable bonds is 4. The van der Waals surface area contributed by atoms with Crippen molar-refractivity contribution in [2.45, 2.75) is 12.5 Å². The molecule has 0 saturated carbocycles. The SMILES string of the molecule is C1CC(CNCC2COCCO2)CO1. The smallest absolute Gasteiger partial charge is 0.0933 e. The summed E-state index contributed by atoms with van der Waals surface area (Å²) in [5, 5.41) is 3.41. The highest BCUT2D eigenvalue weighted by atomic mass is 16.6. The second-order valence-corrected chi connectivity index (χ2v) is 3.96. The molecular weight excluding hydrogens is 182 g/mol. The molecule has 0 bridgehead atoms. The Hall–Kier alpha value is -0.160. The summed E-state index contributed by atoms with van der Waals surface area (Å²) < 4.78 is 16.1. The van der Waals surface area contributed by atoms with E-state index >= 15 is 0 Å². The summed E-state index contributed by atoms with van der Waals surface area (Å²) in [4.78, 5) is 0. The Morgan fingerprint density at radius 3 is 2.64 bits per heavy atom. The molecule has 14 heavy (non-hydrogen) atoms. The van der Waals surface area contributed by atoms with E-state index in [0.717, 1.165) is 46.1 Å². The molecule has 0 radical (unpaired) electrons. The van der Waals surface area contributed by atoms with Crippen molar-refractivity contribution in [1.82, 2.24) is 5.32 Å². The molecule has 2 atom stereocenters. The molecule has 1 N–H and O–H groups in total. The van der Waals surface area contributed by atoms with Crippen LogP contribution < -0.4 is 5.32 Å². The van der Waals surface area contributed by atoms with Crippen LogP contribution >= 0.6 is 0 Å². The van der Waals surface area contributed by atoms with E-state index in [4.69, 9.17) is 14.2 Å². The molecule has 0 aromatic heterocycles. The van der Waals surface area contributed by atoms with Gasteiger partial charge in [0.15, 0.2) is 0 Å². The predicted molar refractivity (Wildman–Crippen MR) is 52.4 cm³/mol. The lowest BCUT2D eigenvalue weighted by atomic mass is 10.1. The first kappa shape index (κ1) is 10.4. The molecule has 0 amide bonds. The van der Waals surface area contributed by atoms with E-state index in [1.807, 2.05) is 0 Å². The van der Waals surface area contributed by atoms with E-state index in [9.17, 15) is 0 Å². The summed E-state index contributed by atoms with van der Waals surface area (Å²) in [5.41, 5.74) is 0. The van der Waals surface area contributed by atoms with Gasteiger partial charge >= 0.3 is 0 Å². The first-order chi connectivity index (χ1) is 6.95. The normalized spacial score (nSPS) is 33.4. The van der Waals surface area contributed by atoms with Crippen molar-refractivity contribution in [1.29, 1.82) is 0 Å². The summed E-state index contributed by atoms with van der Waals surface area (Å²) in [5.74, 6) is 0.694. The maximum absolute atomic E-state index is 5.52. The molecule has 2 aliphatic heterocycles. The first-order valence-corrected chi connectivity index (χ1v) is 5.43. The lowest BCUT2D eigenvalue weighted by Gasteiger charge is -2.23. The van der Waals surface area contributed by atoms with Gasteiger partial charge in [-0.05, 0) is 12.3 Å². The Kier molecular flexibility index (Phi) is 4.19. The van der Waals surface area contributed by atoms with Crippen LogP contribution in [0.4, 0.5) is 0 Å². The molecule has 0 aromatic carbocycles. The third-order valence-corrected chi connectivity index (χ3v) is 2.71. The lowest BCUT2D eigenvalue weighted by molar-refractivity contribution is -0.0865. The third-order valence-electron chi connectivity index (χ3n) is 2.71. The maximum Gasteiger partial charge on any atom is 0.0933 e. The topological polar surface area (TPSA) is 39.7 Å². The molecule has 2 rings (SSSR count). The fourth-order valence-corrected chi connectivity index (χ4v) is 1.85. The molecule has 2 fully saturated rings. The second kappa shape index (κ2) is 5.66. The van der Waals surface area contributed by atoms with Crippen LogP contribution in [0.3, 0.4) is 0 Å². The minimum absolute atomic E-state index is 0.242. The highest BCUT2D eigenvalue weighted by molar-refractivity contribution is 4.69. The third kappa shape index (κ3) is 3.20. The van der Waals surface area contributed by atoms with E-state index in [2.05, 4.69) is 5.32 Å². The fourth-order valence-electron chi connectivity index (χ4n) is 1.85. The van der Waals surface area contributed by atoms with Crippen LogP contribution in [-0.4, -0.2) is 52.2 Å². The van der Waals surface area contributed by atoms with Crippen LogP contribution in [0, 0.1) is 5.92 Å². The van der Waals surface area contributed by atoms with Crippen molar-refractivity contribution < 1.29 is 14.2 Å². The maximum atomic E-state index is 5.52. The molecule has 2 heterocycles. The van der Waals surface area contributed by atoms with E-state index in [1.54, 1.807) is 0 Å². The van der Waals surface area contributed by atoms with Gasteiger partial charge in [0, 0.05) is 19.7 Å². The van der Waals surface area contributed by atoms with Crippen molar-refractivity contribution in [3.8, 4) is 0 Å². The average molecular weight is 201 g/mol. The molecular formula is C10H19NO3. The summed E-state index contributed by atoms with van der Waals surface area (Å²) >= 11 is 0. The quantitative estimate of drug-likeness (QED) is 0.696. The van der Waals surface area contributed by atoms with Gasteiger partial charge in [-0.3, -0.25) is 0 Å². The zero-order chi connectivity index (χ0) is 9.64. The number of ether oxygens (including phenoxy) is 3. The van der Waals surface area contributed by atoms with Gasteiger partial charge in [0.2, 0.25) is 0 Å². The van der Waals surface area contributed by atoms with Crippen LogP contribution in [0.2, 0.25) is 0 Å². The zero-order valence-corrected chi connectivity index (χ0v) is 8.54. The monoisotopic (exact) mass is 201 g/mol. The Morgan fingerprint density at radius 2 is 1.93 bits per heavy atom. The molecule has 0 spiro atoms. The van der Waals surface area contributed by atoms with Gasteiger partial charge in [0.1, 0.15) is 0 Å². The van der Waals surface area contributed by atoms with Gasteiger partial charge in [-0.25, -0.2) is 0 Å². The molecule has 2 aliphatic rings. The lowest BCUT2D eigenvalue weighted by Crippen LogP contribution is -2.39. The van der Waals surface area contributed by atoms with E-state index in [-0.39, 0.29) is 6.10 Å². The van der Waals surface area contributed by atoms with E-state index < -0.39 is 0 Å². The van der Waals surface area contributed by atoms with Crippen molar-refractivity contribution >= 4 is 0 Å². The van der Waals surface area contributed by atoms with Crippen molar-refractivity contribution in [2.24, 2.45) is 5.92 Å². The second-order valence-electron chi connectivity index (χ2n) is 3.96. The van der Waals surface area contributed by atoms with Crippen molar-refractivity contribution in [3.05, 3.63) is 0 Å². The Morgan fingerprint density at radius 1 is 1.00 bits per heavy atom. The minimum Gasteiger partial charge on any atom is -0.381 e. The average Bonchev–Trinajstić information content (AvgIpc) is 2.72. The number of hydrogen-bond donors (Lipinski definition) is 1. The van der Waals surface area contributed by atoms with Gasteiger partial charge in [-0.1, -0.05) is 0 Å². The van der Waals surface area contributed by atoms with Crippen LogP contribution in [0.5, 0.6) is 0 Å². The summed E-state index contributed by atoms with van der Waals surface area (Å²) in [6.07, 6.45) is 1.43. The molecule has 4 heteroatoms. The number of nitrogens with one attached hydrogen (secondary N) is 1. The minimum atomic E-state index is 0.242. The van der Waals surface area contributed by atoms with Gasteiger partial charge in [0.05, 0.1) is 32.5 Å². The summed E-state index contributed by atoms with van der Waals surface area (Å²) in [6.45, 7) is 5.99.